The van der Waals surface area contributed by atoms with Crippen LogP contribution in [-0.4, -0.2) is 14.0 Å². The number of hydrogen-bond donors (Lipinski definition) is 1. The van der Waals surface area contributed by atoms with Gasteiger partial charge in [0.25, 0.3) is 10.2 Å². The van der Waals surface area contributed by atoms with E-state index in [4.69, 9.17) is 5.14 Å². The first-order chi connectivity index (χ1) is 3.71. The van der Waals surface area contributed by atoms with Crippen molar-refractivity contribution in [2.24, 2.45) is 0 Å². The van der Waals surface area contributed by atoms with Crippen molar-refractivity contribution in [2.75, 3.05) is 0 Å². The van der Waals surface area contributed by atoms with Crippen LogP contribution in [0.15, 0.2) is 0 Å². The molecule has 55 valence electrons. The topological polar surface area (TPSA) is 70.0 Å². The summed E-state index contributed by atoms with van der Waals surface area (Å²) in [5.41, 5.74) is -0.541. The zero-order chi connectivity index (χ0) is 7.71. The van der Waals surface area contributed by atoms with Gasteiger partial charge in [0.15, 0.2) is 0 Å². The van der Waals surface area contributed by atoms with Gasteiger partial charge in [0.1, 0.15) is 0 Å². The zero-order valence-electron chi connectivity index (χ0n) is 5.72. The molecule has 0 aromatic carbocycles. The molecule has 0 amide bonds. The van der Waals surface area contributed by atoms with E-state index in [2.05, 4.69) is 4.72 Å². The van der Waals surface area contributed by atoms with Gasteiger partial charge in [0.05, 0.1) is 0 Å². The molecule has 0 aromatic heterocycles. The van der Waals surface area contributed by atoms with Crippen LogP contribution in [0.5, 0.6) is 0 Å². The summed E-state index contributed by atoms with van der Waals surface area (Å²) in [6, 6.07) is 0. The van der Waals surface area contributed by atoms with Gasteiger partial charge in [-0.25, -0.2) is 0 Å². The maximum Gasteiger partial charge on any atom is 0.291 e. The molecule has 0 saturated heterocycles. The van der Waals surface area contributed by atoms with Crippen molar-refractivity contribution >= 4 is 10.2 Å². The second-order valence-electron chi connectivity index (χ2n) is 2.86. The van der Waals surface area contributed by atoms with Gasteiger partial charge >= 0.3 is 0 Å². The maximum atomic E-state index is 10.2. The first-order valence-corrected chi connectivity index (χ1v) is 3.97. The Bertz CT molecular complexity index is 177. The van der Waals surface area contributed by atoms with E-state index in [1.807, 2.05) is 0 Å². The predicted molar refractivity (Wildman–Crippen MR) is 34.9 cm³/mol. The third-order valence-electron chi connectivity index (χ3n) is 0.441. The Balaban J connectivity index is 4.07. The molecule has 1 radical (unpaired) electrons. The van der Waals surface area contributed by atoms with Crippen LogP contribution >= 0.6 is 0 Å². The van der Waals surface area contributed by atoms with E-state index in [0.717, 1.165) is 0 Å². The molecule has 5 heteroatoms. The fourth-order valence-corrected chi connectivity index (χ4v) is 1.21. The number of hydrogen-bond acceptors (Lipinski definition) is 2. The molecule has 0 spiro atoms. The fourth-order valence-electron chi connectivity index (χ4n) is 0.403. The summed E-state index contributed by atoms with van der Waals surface area (Å²) in [5.74, 6) is 0. The van der Waals surface area contributed by atoms with Crippen LogP contribution in [-0.2, 0) is 10.2 Å². The molecule has 0 aliphatic heterocycles. The number of rotatable bonds is 1. The Morgan fingerprint density at radius 2 is 1.67 bits per heavy atom. The number of nitrogens with one attached hydrogen (secondary N) is 2. The monoisotopic (exact) mass is 151 g/mol. The van der Waals surface area contributed by atoms with E-state index >= 15 is 0 Å². The van der Waals surface area contributed by atoms with Gasteiger partial charge in [-0.15, -0.1) is 5.14 Å². The molecule has 0 aromatic rings. The highest BCUT2D eigenvalue weighted by molar-refractivity contribution is 7.86. The molecular formula is C4H11N2O2S. The average molecular weight is 151 g/mol. The highest BCUT2D eigenvalue weighted by atomic mass is 32.2. The van der Waals surface area contributed by atoms with Crippen molar-refractivity contribution in [1.82, 2.24) is 9.86 Å². The first-order valence-electron chi connectivity index (χ1n) is 2.49. The predicted octanol–water partition coefficient (Wildman–Crippen LogP) is -0.0978. The normalized spacial score (nSPS) is 13.8. The van der Waals surface area contributed by atoms with Gasteiger partial charge in [-0.3, -0.25) is 0 Å². The van der Waals surface area contributed by atoms with Gasteiger partial charge in [0, 0.05) is 5.54 Å². The summed E-state index contributed by atoms with van der Waals surface area (Å²) < 4.78 is 22.5. The van der Waals surface area contributed by atoms with Crippen LogP contribution in [0.1, 0.15) is 20.8 Å². The van der Waals surface area contributed by atoms with Crippen molar-refractivity contribution in [3.8, 4) is 0 Å². The fraction of sp³-hybridized carbons (Fsp3) is 1.00. The molecule has 0 bridgehead atoms. The molecule has 0 fully saturated rings. The van der Waals surface area contributed by atoms with E-state index in [9.17, 15) is 8.42 Å². The highest BCUT2D eigenvalue weighted by Gasteiger charge is 2.15. The third kappa shape index (κ3) is 7.87. The molecule has 0 aliphatic carbocycles. The van der Waals surface area contributed by atoms with Crippen molar-refractivity contribution in [1.29, 1.82) is 0 Å². The van der Waals surface area contributed by atoms with Crippen LogP contribution < -0.4 is 9.86 Å². The molecule has 0 atom stereocenters. The SMILES string of the molecule is CC(C)(C)NS([NH])(=O)=O. The van der Waals surface area contributed by atoms with Crippen molar-refractivity contribution in [2.45, 2.75) is 26.3 Å². The van der Waals surface area contributed by atoms with Crippen molar-refractivity contribution in [3.05, 3.63) is 0 Å². The Morgan fingerprint density at radius 3 is 1.67 bits per heavy atom. The van der Waals surface area contributed by atoms with Gasteiger partial charge in [-0.1, -0.05) is 0 Å². The molecule has 4 nitrogen and oxygen atoms in total. The lowest BCUT2D eigenvalue weighted by Gasteiger charge is -2.16. The Hall–Kier alpha value is -0.130. The molecule has 0 saturated carbocycles. The minimum absolute atomic E-state index is 0.541. The second-order valence-corrected chi connectivity index (χ2v) is 4.07. The van der Waals surface area contributed by atoms with E-state index in [-0.39, 0.29) is 0 Å². The van der Waals surface area contributed by atoms with Gasteiger partial charge < -0.3 is 0 Å². The molecule has 0 unspecified atom stereocenters. The molecule has 0 aliphatic rings. The summed E-state index contributed by atoms with van der Waals surface area (Å²) in [7, 11) is -3.78. The Kier molecular flexibility index (Phi) is 2.21. The van der Waals surface area contributed by atoms with E-state index in [0.29, 0.717) is 0 Å². The van der Waals surface area contributed by atoms with Gasteiger partial charge in [0.2, 0.25) is 0 Å². The molecule has 0 rings (SSSR count). The smallest absolute Gasteiger partial charge is 0.196 e. The maximum absolute atomic E-state index is 10.2. The van der Waals surface area contributed by atoms with Crippen LogP contribution in [0.3, 0.4) is 0 Å². The van der Waals surface area contributed by atoms with Crippen LogP contribution in [0.2, 0.25) is 0 Å². The summed E-state index contributed by atoms with van der Waals surface area (Å²) in [5, 5.41) is 6.45. The standard InChI is InChI=1S/C4H11N2O2S/c1-4(2,3)6-9(5,7)8/h5-6H,1-3H3. The van der Waals surface area contributed by atoms with Crippen LogP contribution in [0, 0.1) is 0 Å². The van der Waals surface area contributed by atoms with Crippen molar-refractivity contribution in [3.63, 3.8) is 0 Å². The summed E-state index contributed by atoms with van der Waals surface area (Å²) in [6.45, 7) is 5.04. The zero-order valence-corrected chi connectivity index (χ0v) is 6.54. The lowest BCUT2D eigenvalue weighted by atomic mass is 10.1. The minimum atomic E-state index is -3.78. The third-order valence-corrected chi connectivity index (χ3v) is 1.32. The lowest BCUT2D eigenvalue weighted by molar-refractivity contribution is 0.491. The van der Waals surface area contributed by atoms with Crippen LogP contribution in [0.4, 0.5) is 0 Å². The quantitative estimate of drug-likeness (QED) is 0.568. The lowest BCUT2D eigenvalue weighted by Crippen LogP contribution is -2.40. The average Bonchev–Trinajstić information content (AvgIpc) is 1.14. The van der Waals surface area contributed by atoms with E-state index < -0.39 is 15.7 Å². The molecule has 9 heavy (non-hydrogen) atoms. The van der Waals surface area contributed by atoms with Gasteiger partial charge in [-0.05, 0) is 20.8 Å². The molecule has 0 heterocycles. The summed E-state index contributed by atoms with van der Waals surface area (Å²) in [6.07, 6.45) is 0. The molecule has 2 N–H and O–H groups in total. The van der Waals surface area contributed by atoms with Crippen LogP contribution in [0.25, 0.3) is 0 Å². The molecular weight excluding hydrogens is 140 g/mol. The van der Waals surface area contributed by atoms with Gasteiger partial charge in [-0.2, -0.15) is 13.1 Å². The highest BCUT2D eigenvalue weighted by Crippen LogP contribution is 1.98. The van der Waals surface area contributed by atoms with E-state index in [1.165, 1.54) is 0 Å². The first kappa shape index (κ1) is 8.87. The van der Waals surface area contributed by atoms with E-state index in [1.54, 1.807) is 20.8 Å². The summed E-state index contributed by atoms with van der Waals surface area (Å²) in [4.78, 5) is 0. The Morgan fingerprint density at radius 1 is 1.33 bits per heavy atom. The second kappa shape index (κ2) is 2.24. The Labute approximate surface area is 55.6 Å². The largest absolute Gasteiger partial charge is 0.291 e. The minimum Gasteiger partial charge on any atom is -0.196 e. The summed E-state index contributed by atoms with van der Waals surface area (Å²) >= 11 is 0. The van der Waals surface area contributed by atoms with Crippen molar-refractivity contribution < 1.29 is 8.42 Å².